The lowest BCUT2D eigenvalue weighted by Gasteiger charge is -2.30. The summed E-state index contributed by atoms with van der Waals surface area (Å²) in [6, 6.07) is 103. The van der Waals surface area contributed by atoms with E-state index in [0.29, 0.717) is 17.6 Å². The molecule has 0 saturated carbocycles. The summed E-state index contributed by atoms with van der Waals surface area (Å²) in [7, 11) is 0. The number of aromatic nitrogens is 4. The summed E-state index contributed by atoms with van der Waals surface area (Å²) in [5.74, 6) is 1.78. The summed E-state index contributed by atoms with van der Waals surface area (Å²) in [5, 5.41) is 2.19. The van der Waals surface area contributed by atoms with E-state index in [1.54, 1.807) is 0 Å². The normalized spacial score (nSPS) is 11.2. The Morgan fingerprint density at radius 1 is 0.227 bits per heavy atom. The molecule has 0 aliphatic rings. The Bertz CT molecular complexity index is 3910. The highest BCUT2D eigenvalue weighted by molar-refractivity contribution is 6.10. The summed E-state index contributed by atoms with van der Waals surface area (Å²) in [5.41, 5.74) is 16.8. The second kappa shape index (κ2) is 19.8. The van der Waals surface area contributed by atoms with Gasteiger partial charge >= 0.3 is 0 Å². The van der Waals surface area contributed by atoms with Crippen LogP contribution < -0.4 is 9.80 Å². The topological polar surface area (TPSA) is 50.1 Å². The second-order valence-corrected chi connectivity index (χ2v) is 18.5. The molecule has 2 heterocycles. The molecule has 0 saturated heterocycles. The quantitative estimate of drug-likeness (QED) is 0.122. The van der Waals surface area contributed by atoms with Gasteiger partial charge in [0.2, 0.25) is 5.95 Å². The Hall–Kier alpha value is -10.2. The first kappa shape index (κ1) is 44.7. The molecule has 0 fully saturated rings. The molecule has 0 aliphatic heterocycles. The van der Waals surface area contributed by atoms with Gasteiger partial charge in [-0.1, -0.05) is 206 Å². The number of benzene rings is 11. The van der Waals surface area contributed by atoms with Crippen molar-refractivity contribution in [1.29, 1.82) is 0 Å². The lowest BCUT2D eigenvalue weighted by Crippen LogP contribution is -2.13. The van der Waals surface area contributed by atoms with Crippen molar-refractivity contribution in [3.63, 3.8) is 0 Å². The van der Waals surface area contributed by atoms with Crippen molar-refractivity contribution in [3.8, 4) is 62.1 Å². The number of fused-ring (bicyclic) bond motifs is 3. The van der Waals surface area contributed by atoms with E-state index in [-0.39, 0.29) is 0 Å². The smallest absolute Gasteiger partial charge is 0.238 e. The molecule has 0 spiro atoms. The van der Waals surface area contributed by atoms with Crippen molar-refractivity contribution in [2.75, 3.05) is 9.80 Å². The molecule has 2 aromatic heterocycles. The van der Waals surface area contributed by atoms with Gasteiger partial charge in [0.05, 0.1) is 11.0 Å². The van der Waals surface area contributed by atoms with E-state index in [0.717, 1.165) is 100 Å². The first-order valence-electron chi connectivity index (χ1n) is 25.3. The standard InChI is InChI=1S/C69H48N6/c1-7-23-49(24-8-1)53-31-21-37-59(43-53)73(57-33-15-5-16-34-57)61-45-56(46-62(48-61)74(58-35-17-6-18-36-58)60-38-22-32-54(44-60)50-25-9-2-10-26-50)55-41-42-66-64(47-55)63-39-19-20-40-65(63)75(66)69-71-67(51-27-11-3-12-28-51)70-68(72-69)52-29-13-4-14-30-52/h1-48H. The Morgan fingerprint density at radius 3 is 1.09 bits per heavy atom. The van der Waals surface area contributed by atoms with Crippen molar-refractivity contribution in [2.24, 2.45) is 0 Å². The molecule has 0 atom stereocenters. The number of hydrogen-bond donors (Lipinski definition) is 0. The SMILES string of the molecule is c1ccc(-c2cccc(N(c3ccccc3)c3cc(-c4ccc5c(c4)c4ccccc4n5-c4nc(-c5ccccc5)nc(-c5ccccc5)n4)cc(N(c4ccccc4)c4cccc(-c5ccccc5)c4)c3)c2)cc1. The molecular formula is C69H48N6. The first-order chi connectivity index (χ1) is 37.2. The molecule has 6 nitrogen and oxygen atoms in total. The van der Waals surface area contributed by atoms with E-state index in [9.17, 15) is 0 Å². The van der Waals surface area contributed by atoms with Crippen LogP contribution in [0.25, 0.3) is 83.9 Å². The van der Waals surface area contributed by atoms with Gasteiger partial charge in [-0.3, -0.25) is 4.57 Å². The summed E-state index contributed by atoms with van der Waals surface area (Å²) < 4.78 is 2.19. The van der Waals surface area contributed by atoms with Crippen LogP contribution in [0.3, 0.4) is 0 Å². The zero-order valence-corrected chi connectivity index (χ0v) is 40.9. The maximum absolute atomic E-state index is 5.21. The summed E-state index contributed by atoms with van der Waals surface area (Å²) in [6.45, 7) is 0. The third kappa shape index (κ3) is 8.87. The average molecular weight is 961 g/mol. The molecule has 0 radical (unpaired) electrons. The molecular weight excluding hydrogens is 913 g/mol. The van der Waals surface area contributed by atoms with Crippen LogP contribution in [0.2, 0.25) is 0 Å². The van der Waals surface area contributed by atoms with Crippen molar-refractivity contribution >= 4 is 55.9 Å². The molecule has 13 rings (SSSR count). The van der Waals surface area contributed by atoms with Gasteiger partial charge in [0.25, 0.3) is 0 Å². The van der Waals surface area contributed by atoms with Gasteiger partial charge in [-0.2, -0.15) is 9.97 Å². The van der Waals surface area contributed by atoms with Gasteiger partial charge in [-0.05, 0) is 118 Å². The second-order valence-electron chi connectivity index (χ2n) is 18.5. The van der Waals surface area contributed by atoms with Crippen LogP contribution in [0.5, 0.6) is 0 Å². The summed E-state index contributed by atoms with van der Waals surface area (Å²) >= 11 is 0. The number of nitrogens with zero attached hydrogens (tertiary/aromatic N) is 6. The number of para-hydroxylation sites is 3. The van der Waals surface area contributed by atoms with Crippen LogP contribution in [-0.2, 0) is 0 Å². The highest BCUT2D eigenvalue weighted by Crippen LogP contribution is 2.45. The van der Waals surface area contributed by atoms with Crippen LogP contribution in [0.15, 0.2) is 291 Å². The van der Waals surface area contributed by atoms with E-state index >= 15 is 0 Å². The van der Waals surface area contributed by atoms with Gasteiger partial charge in [0, 0.05) is 56.0 Å². The maximum atomic E-state index is 5.21. The van der Waals surface area contributed by atoms with E-state index in [1.807, 2.05) is 60.7 Å². The molecule has 13 aromatic rings. The predicted octanol–water partition coefficient (Wildman–Crippen LogP) is 18.2. The van der Waals surface area contributed by atoms with E-state index in [1.165, 1.54) is 0 Å². The zero-order valence-electron chi connectivity index (χ0n) is 40.9. The minimum absolute atomic E-state index is 0.554. The third-order valence-electron chi connectivity index (χ3n) is 13.8. The Kier molecular flexibility index (Phi) is 11.8. The molecule has 0 unspecified atom stereocenters. The highest BCUT2D eigenvalue weighted by atomic mass is 15.2. The fourth-order valence-electron chi connectivity index (χ4n) is 10.2. The van der Waals surface area contributed by atoms with Crippen LogP contribution in [-0.4, -0.2) is 19.5 Å². The van der Waals surface area contributed by atoms with Crippen molar-refractivity contribution in [3.05, 3.63) is 291 Å². The molecule has 0 aliphatic carbocycles. The van der Waals surface area contributed by atoms with Crippen LogP contribution in [0.1, 0.15) is 0 Å². The maximum Gasteiger partial charge on any atom is 0.238 e. The Morgan fingerprint density at radius 2 is 0.600 bits per heavy atom. The van der Waals surface area contributed by atoms with Gasteiger partial charge in [0.1, 0.15) is 0 Å². The van der Waals surface area contributed by atoms with Crippen molar-refractivity contribution < 1.29 is 0 Å². The van der Waals surface area contributed by atoms with E-state index in [2.05, 4.69) is 245 Å². The minimum atomic E-state index is 0.554. The largest absolute Gasteiger partial charge is 0.310 e. The van der Waals surface area contributed by atoms with Gasteiger partial charge in [0.15, 0.2) is 11.6 Å². The number of anilines is 6. The van der Waals surface area contributed by atoms with Crippen LogP contribution >= 0.6 is 0 Å². The Balaban J connectivity index is 1.04. The fourth-order valence-corrected chi connectivity index (χ4v) is 10.2. The molecule has 354 valence electrons. The summed E-state index contributed by atoms with van der Waals surface area (Å²) in [4.78, 5) is 20.2. The Labute approximate surface area is 436 Å². The monoisotopic (exact) mass is 960 g/mol. The predicted molar refractivity (Wildman–Crippen MR) is 311 cm³/mol. The van der Waals surface area contributed by atoms with E-state index < -0.39 is 0 Å². The molecule has 0 amide bonds. The lowest BCUT2D eigenvalue weighted by atomic mass is 9.99. The lowest BCUT2D eigenvalue weighted by molar-refractivity contribution is 0.953. The minimum Gasteiger partial charge on any atom is -0.310 e. The number of rotatable bonds is 12. The zero-order chi connectivity index (χ0) is 49.9. The summed E-state index contributed by atoms with van der Waals surface area (Å²) in [6.07, 6.45) is 0. The molecule has 75 heavy (non-hydrogen) atoms. The van der Waals surface area contributed by atoms with E-state index in [4.69, 9.17) is 15.0 Å². The fraction of sp³-hybridized carbons (Fsp3) is 0. The molecule has 0 N–H and O–H groups in total. The van der Waals surface area contributed by atoms with Crippen molar-refractivity contribution in [1.82, 2.24) is 19.5 Å². The van der Waals surface area contributed by atoms with Gasteiger partial charge in [-0.25, -0.2) is 4.98 Å². The highest BCUT2D eigenvalue weighted by Gasteiger charge is 2.23. The molecule has 11 aromatic carbocycles. The first-order valence-corrected chi connectivity index (χ1v) is 25.3. The van der Waals surface area contributed by atoms with Crippen LogP contribution in [0.4, 0.5) is 34.1 Å². The number of hydrogen-bond acceptors (Lipinski definition) is 5. The third-order valence-corrected chi connectivity index (χ3v) is 13.8. The van der Waals surface area contributed by atoms with Crippen LogP contribution in [0, 0.1) is 0 Å². The van der Waals surface area contributed by atoms with Gasteiger partial charge < -0.3 is 9.80 Å². The average Bonchev–Trinajstić information content (AvgIpc) is 3.86. The van der Waals surface area contributed by atoms with Crippen molar-refractivity contribution in [2.45, 2.75) is 0 Å². The molecule has 0 bridgehead atoms. The van der Waals surface area contributed by atoms with Gasteiger partial charge in [-0.15, -0.1) is 0 Å². The molecule has 6 heteroatoms.